The zero-order valence-corrected chi connectivity index (χ0v) is 22.4. The van der Waals surface area contributed by atoms with E-state index in [1.54, 1.807) is 30.0 Å². The van der Waals surface area contributed by atoms with E-state index >= 15 is 0 Å². The average molecular weight is 489 g/mol. The number of hydrogen-bond donors (Lipinski definition) is 1. The molecule has 3 heterocycles. The van der Waals surface area contributed by atoms with Gasteiger partial charge in [-0.25, -0.2) is 9.97 Å². The summed E-state index contributed by atoms with van der Waals surface area (Å²) in [4.78, 5) is 12.6. The number of fused-ring (bicyclic) bond motifs is 1. The molecule has 0 fully saturated rings. The van der Waals surface area contributed by atoms with E-state index in [-0.39, 0.29) is 36.4 Å². The Morgan fingerprint density at radius 2 is 1.74 bits per heavy atom. The smallest absolute Gasteiger partial charge is 1.00 e. The molecule has 0 spiro atoms. The van der Waals surface area contributed by atoms with Gasteiger partial charge in [0.2, 0.25) is 5.88 Å². The van der Waals surface area contributed by atoms with Crippen molar-refractivity contribution in [1.29, 1.82) is 0 Å². The van der Waals surface area contributed by atoms with Gasteiger partial charge in [-0.3, -0.25) is 4.68 Å². The Bertz CT molecular complexity index is 1260. The molecule has 158 valence electrons. The molecule has 0 aliphatic carbocycles. The van der Waals surface area contributed by atoms with Gasteiger partial charge in [0, 0.05) is 18.0 Å². The molecule has 0 radical (unpaired) electrons. The summed E-state index contributed by atoms with van der Waals surface area (Å²) in [7, 11) is 3.39. The Morgan fingerprint density at radius 3 is 2.29 bits per heavy atom. The zero-order valence-electron chi connectivity index (χ0n) is 19.1. The first-order valence-corrected chi connectivity index (χ1v) is 10.4. The van der Waals surface area contributed by atoms with Crippen LogP contribution in [0.4, 0.5) is 0 Å². The number of H-pyrrole nitrogens is 1. The molecular formula is C21H21Cl3N5NaO. The third kappa shape index (κ3) is 4.34. The number of aromatic amines is 1. The van der Waals surface area contributed by atoms with Crippen molar-refractivity contribution in [3.05, 3.63) is 45.0 Å². The van der Waals surface area contributed by atoms with Crippen LogP contribution in [-0.4, -0.2) is 31.8 Å². The predicted octanol–water partition coefficient (Wildman–Crippen LogP) is 3.41. The van der Waals surface area contributed by atoms with E-state index in [4.69, 9.17) is 44.5 Å². The van der Waals surface area contributed by atoms with Crippen molar-refractivity contribution in [2.45, 2.75) is 26.2 Å². The van der Waals surface area contributed by atoms with Crippen LogP contribution in [0, 0.1) is 0 Å². The summed E-state index contributed by atoms with van der Waals surface area (Å²) in [5.41, 5.74) is 3.80. The molecular weight excluding hydrogens is 468 g/mol. The van der Waals surface area contributed by atoms with E-state index in [0.717, 1.165) is 11.2 Å². The Balaban J connectivity index is 0.00000181. The fourth-order valence-electron chi connectivity index (χ4n) is 3.35. The van der Waals surface area contributed by atoms with Crippen LogP contribution >= 0.6 is 34.8 Å². The van der Waals surface area contributed by atoms with Gasteiger partial charge in [-0.05, 0) is 18.2 Å². The Kier molecular flexibility index (Phi) is 7.02. The molecule has 0 amide bonds. The van der Waals surface area contributed by atoms with Gasteiger partial charge in [0.1, 0.15) is 5.69 Å². The predicted molar refractivity (Wildman–Crippen MR) is 123 cm³/mol. The van der Waals surface area contributed by atoms with Crippen molar-refractivity contribution in [2.24, 2.45) is 7.05 Å². The molecule has 1 aromatic carbocycles. The van der Waals surface area contributed by atoms with Crippen LogP contribution in [0.25, 0.3) is 33.8 Å². The fraction of sp³-hybridized carbons (Fsp3) is 0.286. The maximum Gasteiger partial charge on any atom is 1.00 e. The minimum atomic E-state index is -0.202. The third-order valence-corrected chi connectivity index (χ3v) is 5.76. The molecule has 6 nitrogen and oxygen atoms in total. The standard InChI is InChI=1S/C21H20Cl3N5O.Na.H/c1-21(2,3)18-15(24)17(29(4)28-18)19-25-13-9-12(26-20(30-5)16(13)27-19)14-10(22)7-6-8-11(14)23;;/h6-9H,1-5H3,(H,25,27);;/q;+1;-1. The van der Waals surface area contributed by atoms with Crippen LogP contribution in [0.1, 0.15) is 27.9 Å². The maximum atomic E-state index is 6.69. The summed E-state index contributed by atoms with van der Waals surface area (Å²) < 4.78 is 7.23. The van der Waals surface area contributed by atoms with Gasteiger partial charge in [-0.1, -0.05) is 61.6 Å². The summed E-state index contributed by atoms with van der Waals surface area (Å²) in [5, 5.41) is 6.16. The number of benzene rings is 1. The average Bonchev–Trinajstić information content (AvgIpc) is 3.20. The Morgan fingerprint density at radius 1 is 1.10 bits per heavy atom. The molecule has 0 aliphatic heterocycles. The van der Waals surface area contributed by atoms with E-state index in [1.807, 2.05) is 13.1 Å². The van der Waals surface area contributed by atoms with Crippen molar-refractivity contribution in [1.82, 2.24) is 24.7 Å². The van der Waals surface area contributed by atoms with Gasteiger partial charge in [0.25, 0.3) is 0 Å². The number of pyridine rings is 1. The molecule has 10 heteroatoms. The second kappa shape index (κ2) is 8.93. The number of nitrogens with one attached hydrogen (secondary N) is 1. The molecule has 0 bridgehead atoms. The molecule has 3 aromatic heterocycles. The van der Waals surface area contributed by atoms with Gasteiger partial charge in [-0.15, -0.1) is 0 Å². The van der Waals surface area contributed by atoms with Gasteiger partial charge >= 0.3 is 29.6 Å². The van der Waals surface area contributed by atoms with Gasteiger partial charge in [-0.2, -0.15) is 5.10 Å². The molecule has 0 aliphatic rings. The zero-order chi connectivity index (χ0) is 21.8. The van der Waals surface area contributed by atoms with E-state index in [1.165, 1.54) is 0 Å². The summed E-state index contributed by atoms with van der Waals surface area (Å²) in [6.45, 7) is 6.20. The number of nitrogens with zero attached hydrogens (tertiary/aromatic N) is 4. The summed E-state index contributed by atoms with van der Waals surface area (Å²) in [5.74, 6) is 0.929. The minimum Gasteiger partial charge on any atom is -1.00 e. The first-order chi connectivity index (χ1) is 14.1. The van der Waals surface area contributed by atoms with Crippen LogP contribution in [0.15, 0.2) is 24.3 Å². The summed E-state index contributed by atoms with van der Waals surface area (Å²) >= 11 is 19.5. The number of aromatic nitrogens is 5. The maximum absolute atomic E-state index is 6.69. The molecule has 0 saturated carbocycles. The van der Waals surface area contributed by atoms with Crippen molar-refractivity contribution >= 4 is 45.8 Å². The quantitative estimate of drug-likeness (QED) is 0.449. The number of hydrogen-bond acceptors (Lipinski definition) is 4. The first-order valence-electron chi connectivity index (χ1n) is 9.24. The van der Waals surface area contributed by atoms with Crippen LogP contribution < -0.4 is 34.3 Å². The van der Waals surface area contributed by atoms with Crippen LogP contribution in [0.2, 0.25) is 15.1 Å². The molecule has 1 N–H and O–H groups in total. The largest absolute Gasteiger partial charge is 1.00 e. The van der Waals surface area contributed by atoms with Gasteiger partial charge in [0.05, 0.1) is 39.1 Å². The van der Waals surface area contributed by atoms with Crippen LogP contribution in [0.3, 0.4) is 0 Å². The number of ether oxygens (including phenoxy) is 1. The number of methoxy groups -OCH3 is 1. The van der Waals surface area contributed by atoms with E-state index in [2.05, 4.69) is 35.8 Å². The SMILES string of the molecule is COc1nc(-c2c(Cl)cccc2Cl)cc2[nH]c(-c3c(Cl)c(C(C)(C)C)nn3C)nc12.[H-].[Na+]. The molecule has 31 heavy (non-hydrogen) atoms. The number of imidazole rings is 1. The molecule has 4 rings (SSSR count). The second-order valence-electron chi connectivity index (χ2n) is 7.98. The monoisotopic (exact) mass is 487 g/mol. The van der Waals surface area contributed by atoms with Gasteiger partial charge < -0.3 is 11.1 Å². The Labute approximate surface area is 219 Å². The normalized spacial score (nSPS) is 11.6. The van der Waals surface area contributed by atoms with Crippen molar-refractivity contribution < 1.29 is 35.7 Å². The summed E-state index contributed by atoms with van der Waals surface area (Å²) in [6, 6.07) is 7.16. The molecule has 0 saturated heterocycles. The Hall–Kier alpha value is -1.28. The van der Waals surface area contributed by atoms with Crippen LogP contribution in [-0.2, 0) is 12.5 Å². The summed E-state index contributed by atoms with van der Waals surface area (Å²) in [6.07, 6.45) is 0. The van der Waals surface area contributed by atoms with Gasteiger partial charge in [0.15, 0.2) is 11.3 Å². The van der Waals surface area contributed by atoms with Crippen molar-refractivity contribution in [2.75, 3.05) is 7.11 Å². The number of aryl methyl sites for hydroxylation is 1. The first kappa shape index (κ1) is 24.4. The molecule has 4 aromatic rings. The van der Waals surface area contributed by atoms with E-state index in [9.17, 15) is 0 Å². The number of rotatable bonds is 3. The topological polar surface area (TPSA) is 68.6 Å². The van der Waals surface area contributed by atoms with E-state index < -0.39 is 0 Å². The van der Waals surface area contributed by atoms with Crippen molar-refractivity contribution in [3.8, 4) is 28.7 Å². The molecule has 0 unspecified atom stereocenters. The third-order valence-electron chi connectivity index (χ3n) is 4.77. The van der Waals surface area contributed by atoms with Crippen molar-refractivity contribution in [3.63, 3.8) is 0 Å². The van der Waals surface area contributed by atoms with Crippen LogP contribution in [0.5, 0.6) is 5.88 Å². The van der Waals surface area contributed by atoms with E-state index in [0.29, 0.717) is 49.2 Å². The minimum absolute atomic E-state index is 0. The fourth-order valence-corrected chi connectivity index (χ4v) is 4.47. The molecule has 0 atom stereocenters. The number of halogens is 3. The second-order valence-corrected chi connectivity index (χ2v) is 9.17.